The van der Waals surface area contributed by atoms with Gasteiger partial charge in [0.1, 0.15) is 0 Å². The number of aromatic nitrogens is 4. The smallest absolute Gasteiger partial charge is 0.244 e. The molecule has 0 fully saturated rings. The van der Waals surface area contributed by atoms with Gasteiger partial charge in [0.05, 0.1) is 12.1 Å². The van der Waals surface area contributed by atoms with Crippen LogP contribution in [0.1, 0.15) is 34.5 Å². The van der Waals surface area contributed by atoms with Crippen LogP contribution in [0, 0.1) is 6.92 Å². The molecule has 0 aliphatic carbocycles. The Morgan fingerprint density at radius 2 is 2.10 bits per heavy atom. The van der Waals surface area contributed by atoms with Crippen molar-refractivity contribution in [3.8, 4) is 0 Å². The normalized spacial score (nSPS) is 20.8. The van der Waals surface area contributed by atoms with Crippen molar-refractivity contribution in [2.45, 2.75) is 25.4 Å². The molecule has 106 valence electrons. The van der Waals surface area contributed by atoms with E-state index in [1.165, 1.54) is 16.0 Å². The molecule has 0 spiro atoms. The van der Waals surface area contributed by atoms with Gasteiger partial charge >= 0.3 is 0 Å². The third kappa shape index (κ3) is 2.21. The molecule has 0 saturated heterocycles. The van der Waals surface area contributed by atoms with E-state index in [9.17, 15) is 0 Å². The lowest BCUT2D eigenvalue weighted by Crippen LogP contribution is -2.27. The maximum atomic E-state index is 4.14. The average Bonchev–Trinajstić information content (AvgIpc) is 3.18. The summed E-state index contributed by atoms with van der Waals surface area (Å²) in [6.45, 7) is 2.10. The molecule has 6 heteroatoms. The molecule has 1 aliphatic rings. The quantitative estimate of drug-likeness (QED) is 0.789. The molecule has 1 aliphatic heterocycles. The number of tetrazole rings is 1. The largest absolute Gasteiger partial charge is 0.346 e. The monoisotopic (exact) mass is 297 g/mol. The Morgan fingerprint density at radius 3 is 2.86 bits per heavy atom. The fourth-order valence-corrected chi connectivity index (χ4v) is 3.60. The van der Waals surface area contributed by atoms with Crippen LogP contribution in [0.25, 0.3) is 0 Å². The summed E-state index contributed by atoms with van der Waals surface area (Å²) in [6.07, 6.45) is 0.946. The van der Waals surface area contributed by atoms with Crippen molar-refractivity contribution in [1.29, 1.82) is 0 Å². The Kier molecular flexibility index (Phi) is 2.96. The minimum Gasteiger partial charge on any atom is -0.346 e. The van der Waals surface area contributed by atoms with Crippen LogP contribution in [0.4, 0.5) is 5.95 Å². The first-order valence-electron chi connectivity index (χ1n) is 6.95. The van der Waals surface area contributed by atoms with E-state index in [4.69, 9.17) is 0 Å². The van der Waals surface area contributed by atoms with Crippen LogP contribution in [0.2, 0.25) is 0 Å². The average molecular weight is 297 g/mol. The summed E-state index contributed by atoms with van der Waals surface area (Å²) < 4.78 is 1.89. The number of fused-ring (bicyclic) bond motifs is 1. The number of hydrogen-bond acceptors (Lipinski definition) is 5. The molecule has 1 N–H and O–H groups in total. The van der Waals surface area contributed by atoms with Gasteiger partial charge in [0.25, 0.3) is 0 Å². The minimum atomic E-state index is 0.197. The molecule has 2 aromatic heterocycles. The van der Waals surface area contributed by atoms with E-state index in [0.717, 1.165) is 12.4 Å². The van der Waals surface area contributed by atoms with Gasteiger partial charge in [-0.25, -0.2) is 4.68 Å². The zero-order valence-electron chi connectivity index (χ0n) is 11.6. The molecule has 21 heavy (non-hydrogen) atoms. The fraction of sp³-hybridized carbons (Fsp3) is 0.267. The van der Waals surface area contributed by atoms with Crippen molar-refractivity contribution in [3.05, 3.63) is 57.8 Å². The molecule has 0 amide bonds. The highest BCUT2D eigenvalue weighted by Gasteiger charge is 2.30. The van der Waals surface area contributed by atoms with Crippen molar-refractivity contribution in [2.24, 2.45) is 0 Å². The minimum absolute atomic E-state index is 0.197. The lowest BCUT2D eigenvalue weighted by atomic mass is 9.96. The molecule has 4 rings (SSSR count). The second-order valence-electron chi connectivity index (χ2n) is 5.32. The molecule has 0 unspecified atom stereocenters. The Bertz CT molecular complexity index is 732. The van der Waals surface area contributed by atoms with Gasteiger partial charge in [-0.2, -0.15) is 0 Å². The summed E-state index contributed by atoms with van der Waals surface area (Å²) in [7, 11) is 0. The first-order valence-corrected chi connectivity index (χ1v) is 7.83. The van der Waals surface area contributed by atoms with Gasteiger partial charge < -0.3 is 5.32 Å². The van der Waals surface area contributed by atoms with E-state index in [2.05, 4.69) is 69.5 Å². The summed E-state index contributed by atoms with van der Waals surface area (Å²) >= 11 is 1.75. The maximum absolute atomic E-state index is 4.14. The molecule has 0 saturated carbocycles. The first-order chi connectivity index (χ1) is 10.3. The lowest BCUT2D eigenvalue weighted by Gasteiger charge is -2.30. The molecule has 2 atom stereocenters. The molecule has 5 nitrogen and oxygen atoms in total. The highest BCUT2D eigenvalue weighted by Crippen LogP contribution is 2.38. The van der Waals surface area contributed by atoms with Gasteiger partial charge in [-0.1, -0.05) is 41.0 Å². The Morgan fingerprint density at radius 1 is 1.24 bits per heavy atom. The highest BCUT2D eigenvalue weighted by molar-refractivity contribution is 7.10. The number of nitrogens with one attached hydrogen (secondary N) is 1. The third-order valence-corrected chi connectivity index (χ3v) is 4.88. The molecular weight excluding hydrogens is 282 g/mol. The summed E-state index contributed by atoms with van der Waals surface area (Å²) in [6, 6.07) is 13.3. The summed E-state index contributed by atoms with van der Waals surface area (Å²) in [5.41, 5.74) is 2.55. The summed E-state index contributed by atoms with van der Waals surface area (Å²) in [5.74, 6) is 0.741. The zero-order chi connectivity index (χ0) is 14.2. The highest BCUT2D eigenvalue weighted by atomic mass is 32.1. The molecule has 0 radical (unpaired) electrons. The number of rotatable bonds is 2. The SMILES string of the molecule is Cc1ccc([C@@H]2C[C@H](c3cccs3)n3nnnc3N2)cc1. The Balaban J connectivity index is 1.72. The van der Waals surface area contributed by atoms with Crippen LogP contribution < -0.4 is 5.32 Å². The standard InChI is InChI=1S/C15H15N5S/c1-10-4-6-11(7-5-10)12-9-13(14-3-2-8-21-14)20-15(16-12)17-18-19-20/h2-8,12-13H,9H2,1H3,(H,16,17,19)/t12-,13+/m0/s1. The van der Waals surface area contributed by atoms with Crippen LogP contribution >= 0.6 is 11.3 Å². The molecule has 1 aromatic carbocycles. The maximum Gasteiger partial charge on any atom is 0.244 e. The van der Waals surface area contributed by atoms with Gasteiger partial charge in [0.15, 0.2) is 0 Å². The fourth-order valence-electron chi connectivity index (χ4n) is 2.77. The van der Waals surface area contributed by atoms with Gasteiger partial charge in [-0.15, -0.1) is 11.3 Å². The van der Waals surface area contributed by atoms with E-state index in [-0.39, 0.29) is 12.1 Å². The summed E-state index contributed by atoms with van der Waals surface area (Å²) in [5, 5.41) is 17.6. The molecule has 0 bridgehead atoms. The molecular formula is C15H15N5S. The second kappa shape index (κ2) is 4.96. The van der Waals surface area contributed by atoms with Gasteiger partial charge in [0.2, 0.25) is 5.95 Å². The van der Waals surface area contributed by atoms with Crippen LogP contribution in [0.5, 0.6) is 0 Å². The van der Waals surface area contributed by atoms with E-state index in [1.54, 1.807) is 11.3 Å². The number of hydrogen-bond donors (Lipinski definition) is 1. The van der Waals surface area contributed by atoms with E-state index < -0.39 is 0 Å². The first kappa shape index (κ1) is 12.5. The zero-order valence-corrected chi connectivity index (χ0v) is 12.4. The van der Waals surface area contributed by atoms with Crippen LogP contribution in [0.3, 0.4) is 0 Å². The van der Waals surface area contributed by atoms with Crippen LogP contribution in [-0.2, 0) is 0 Å². The lowest BCUT2D eigenvalue weighted by molar-refractivity contribution is 0.429. The van der Waals surface area contributed by atoms with E-state index in [1.807, 2.05) is 4.68 Å². The van der Waals surface area contributed by atoms with Crippen molar-refractivity contribution < 1.29 is 0 Å². The Hall–Kier alpha value is -2.21. The van der Waals surface area contributed by atoms with Crippen molar-refractivity contribution in [3.63, 3.8) is 0 Å². The second-order valence-corrected chi connectivity index (χ2v) is 6.30. The van der Waals surface area contributed by atoms with Crippen LogP contribution in [-0.4, -0.2) is 20.2 Å². The van der Waals surface area contributed by atoms with Crippen molar-refractivity contribution in [2.75, 3.05) is 5.32 Å². The molecule has 3 aromatic rings. The van der Waals surface area contributed by atoms with E-state index in [0.29, 0.717) is 0 Å². The predicted molar refractivity (Wildman–Crippen MR) is 82.4 cm³/mol. The topological polar surface area (TPSA) is 55.6 Å². The number of aryl methyl sites for hydroxylation is 1. The number of nitrogens with zero attached hydrogens (tertiary/aromatic N) is 4. The van der Waals surface area contributed by atoms with Crippen molar-refractivity contribution in [1.82, 2.24) is 20.2 Å². The number of anilines is 1. The molecule has 3 heterocycles. The van der Waals surface area contributed by atoms with Gasteiger partial charge in [0, 0.05) is 4.88 Å². The van der Waals surface area contributed by atoms with Gasteiger partial charge in [-0.05, 0) is 40.8 Å². The third-order valence-electron chi connectivity index (χ3n) is 3.90. The van der Waals surface area contributed by atoms with Crippen molar-refractivity contribution >= 4 is 17.3 Å². The van der Waals surface area contributed by atoms with E-state index >= 15 is 0 Å². The van der Waals surface area contributed by atoms with Gasteiger partial charge in [-0.3, -0.25) is 0 Å². The number of benzene rings is 1. The van der Waals surface area contributed by atoms with Crippen LogP contribution in [0.15, 0.2) is 41.8 Å². The Labute approximate surface area is 126 Å². The summed E-state index contributed by atoms with van der Waals surface area (Å²) in [4.78, 5) is 1.29. The predicted octanol–water partition coefficient (Wildman–Crippen LogP) is 3.19. The number of thiophene rings is 1.